The van der Waals surface area contributed by atoms with Crippen LogP contribution in [0.5, 0.6) is 0 Å². The third kappa shape index (κ3) is 9.55. The van der Waals surface area contributed by atoms with Crippen molar-refractivity contribution in [3.63, 3.8) is 0 Å². The summed E-state index contributed by atoms with van der Waals surface area (Å²) in [6.07, 6.45) is -1.18. The van der Waals surface area contributed by atoms with Gasteiger partial charge in [0.1, 0.15) is 11.7 Å². The third-order valence-electron chi connectivity index (χ3n) is 14.6. The summed E-state index contributed by atoms with van der Waals surface area (Å²) in [5.41, 5.74) is 12.5. The van der Waals surface area contributed by atoms with Crippen LogP contribution in [0.25, 0.3) is 5.70 Å². The average molecular weight is 917 g/mol. The second kappa shape index (κ2) is 19.6. The number of esters is 2. The Morgan fingerprint density at radius 2 is 1.65 bits per heavy atom. The molecule has 1 spiro atoms. The highest BCUT2D eigenvalue weighted by atomic mass is 16.7. The Labute approximate surface area is 387 Å². The van der Waals surface area contributed by atoms with Gasteiger partial charge in [0, 0.05) is 61.3 Å². The molecule has 1 saturated carbocycles. The van der Waals surface area contributed by atoms with E-state index in [9.17, 15) is 24.0 Å². The molecule has 17 heteroatoms. The van der Waals surface area contributed by atoms with E-state index in [-0.39, 0.29) is 24.3 Å². The maximum absolute atomic E-state index is 14.9. The van der Waals surface area contributed by atoms with Crippen LogP contribution >= 0.6 is 0 Å². The molecule has 14 atom stereocenters. The van der Waals surface area contributed by atoms with Crippen LogP contribution in [0.4, 0.5) is 10.5 Å². The first-order valence-electron chi connectivity index (χ1n) is 23.2. The minimum Gasteiger partial charge on any atom is -0.457 e. The molecule has 5 aliphatic rings. The van der Waals surface area contributed by atoms with Gasteiger partial charge in [-0.25, -0.2) is 9.59 Å². The number of hydrazine groups is 2. The van der Waals surface area contributed by atoms with E-state index < -0.39 is 95.3 Å². The molecular weight excluding hydrogens is 849 g/mol. The standard InChI is InChI=1S/C49H68N6O11/c1-27-25-48(7,61-10)42(65-46-40(37(53(8)9)23-28(2)62-46)63-45(59)33-17-12-11-13-18-33)30(4)39(57)31(5)44(58)64-43-32(6)49(43)41(29(3)38(27)56)55(47(60)66-49)22-15-14-21-54-26-36(51-52-54)34-19-16-20-35(50)24-34/h11-13,16-20,24,26-32,37,40-43,46,51-52H,14-15,21-23,25,50H2,1-10H3/t27-,28-,29+,30+,31-,32?,37+,40-,41?,42-,43?,46?,48+,49+/m1/s1. The summed E-state index contributed by atoms with van der Waals surface area (Å²) in [7, 11) is 5.27. The lowest BCUT2D eigenvalue weighted by Crippen LogP contribution is -2.60. The molecule has 1 aliphatic carbocycles. The second-order valence-electron chi connectivity index (χ2n) is 19.4. The number of hydrogen-bond donors (Lipinski definition) is 3. The number of ketones is 2. The summed E-state index contributed by atoms with van der Waals surface area (Å²) in [6, 6.07) is 15.1. The van der Waals surface area contributed by atoms with E-state index in [1.807, 2.05) is 75.2 Å². The fraction of sp³-hybridized carbons (Fsp3) is 0.612. The number of rotatable bonds is 12. The van der Waals surface area contributed by atoms with Crippen LogP contribution in [0.2, 0.25) is 0 Å². The number of methoxy groups -OCH3 is 1. The minimum atomic E-state index is -1.34. The molecule has 0 aromatic heterocycles. The SMILES string of the molecule is CO[C@@]1(C)C[C@@H](C)C(=O)[C@H](C)C2N(CCCCN3C=C(c4cccc(N)c4)NN3)C(=O)O[C@@]23C(C)C3OC(=O)[C@H](C)C(=O)[C@H](C)[C@H]1OC1O[C@H](C)C[C@H](N(C)C)[C@H]1OC(=O)c1ccccc1. The molecule has 0 radical (unpaired) electrons. The predicted molar refractivity (Wildman–Crippen MR) is 243 cm³/mol. The van der Waals surface area contributed by atoms with E-state index >= 15 is 0 Å². The van der Waals surface area contributed by atoms with Crippen LogP contribution in [0.1, 0.15) is 90.1 Å². The number of ether oxygens (including phenoxy) is 6. The summed E-state index contributed by atoms with van der Waals surface area (Å²) in [4.78, 5) is 74.7. The number of likely N-dealkylation sites (N-methyl/N-ethyl adjacent to an activating group) is 1. The number of nitrogens with two attached hydrogens (primary N) is 1. The van der Waals surface area contributed by atoms with Gasteiger partial charge in [-0.3, -0.25) is 19.4 Å². The molecule has 4 heterocycles. The van der Waals surface area contributed by atoms with Gasteiger partial charge >= 0.3 is 18.0 Å². The van der Waals surface area contributed by atoms with Crippen LogP contribution in [0.3, 0.4) is 0 Å². The van der Waals surface area contributed by atoms with E-state index in [1.165, 1.54) is 14.0 Å². The Bertz CT molecular complexity index is 2160. The largest absolute Gasteiger partial charge is 0.457 e. The summed E-state index contributed by atoms with van der Waals surface area (Å²) in [5.74, 6) is -6.12. The lowest BCUT2D eigenvalue weighted by molar-refractivity contribution is -0.294. The van der Waals surface area contributed by atoms with Crippen LogP contribution in [-0.4, -0.2) is 133 Å². The number of hydrogen-bond acceptors (Lipinski definition) is 16. The first-order chi connectivity index (χ1) is 31.3. The fourth-order valence-corrected chi connectivity index (χ4v) is 10.7. The topological polar surface area (TPSA) is 201 Å². The van der Waals surface area contributed by atoms with E-state index in [4.69, 9.17) is 34.2 Å². The number of Topliss-reactive ketones (excluding diaryl/α,β-unsaturated/α-hetero) is 2. The van der Waals surface area contributed by atoms with Gasteiger partial charge in [0.05, 0.1) is 41.2 Å². The molecule has 0 bridgehead atoms. The highest BCUT2D eigenvalue weighted by molar-refractivity contribution is 6.00. The summed E-state index contributed by atoms with van der Waals surface area (Å²) in [5, 5.41) is 1.92. The number of nitrogens with one attached hydrogen (secondary N) is 2. The van der Waals surface area contributed by atoms with Crippen molar-refractivity contribution < 1.29 is 52.4 Å². The van der Waals surface area contributed by atoms with Crippen molar-refractivity contribution in [3.05, 3.63) is 71.9 Å². The van der Waals surface area contributed by atoms with Gasteiger partial charge in [-0.15, -0.1) is 5.53 Å². The number of nitrogen functional groups attached to an aromatic ring is 1. The highest BCUT2D eigenvalue weighted by Crippen LogP contribution is 2.59. The molecule has 2 aromatic rings. The summed E-state index contributed by atoms with van der Waals surface area (Å²) in [6.45, 7) is 13.2. The molecule has 4 aliphatic heterocycles. The monoisotopic (exact) mass is 916 g/mol. The number of carbonyl (C=O) groups excluding carboxylic acids is 5. The number of unbranched alkanes of at least 4 members (excludes halogenated alkanes) is 1. The third-order valence-corrected chi connectivity index (χ3v) is 14.6. The van der Waals surface area contributed by atoms with E-state index in [0.717, 1.165) is 11.3 Å². The first kappa shape index (κ1) is 48.9. The Morgan fingerprint density at radius 3 is 2.33 bits per heavy atom. The maximum Gasteiger partial charge on any atom is 0.410 e. The predicted octanol–water partition coefficient (Wildman–Crippen LogP) is 4.96. The quantitative estimate of drug-likeness (QED) is 0.0848. The van der Waals surface area contributed by atoms with Crippen molar-refractivity contribution in [1.82, 2.24) is 25.8 Å². The molecule has 4 unspecified atom stereocenters. The summed E-state index contributed by atoms with van der Waals surface area (Å²) >= 11 is 0. The number of nitrogens with zero attached hydrogens (tertiary/aromatic N) is 3. The van der Waals surface area contributed by atoms with Crippen LogP contribution in [-0.2, 0) is 42.8 Å². The molecular formula is C49H68N6O11. The Kier molecular flexibility index (Phi) is 14.5. The number of carbonyl (C=O) groups is 5. The lowest BCUT2D eigenvalue weighted by atomic mass is 9.75. The Hall–Kier alpha value is -5.07. The average Bonchev–Trinajstić information content (AvgIpc) is 3.57. The van der Waals surface area contributed by atoms with Gasteiger partial charge in [0.25, 0.3) is 0 Å². The van der Waals surface area contributed by atoms with Crippen LogP contribution in [0, 0.1) is 29.6 Å². The minimum absolute atomic E-state index is 0.0943. The zero-order chi connectivity index (χ0) is 47.8. The first-order valence-corrected chi connectivity index (χ1v) is 23.2. The number of amides is 1. The molecule has 3 saturated heterocycles. The van der Waals surface area contributed by atoms with Gasteiger partial charge in [0.2, 0.25) is 0 Å². The van der Waals surface area contributed by atoms with Gasteiger partial charge < -0.3 is 49.4 Å². The molecule has 1 amide bonds. The molecule has 4 fully saturated rings. The van der Waals surface area contributed by atoms with Crippen LogP contribution < -0.4 is 16.7 Å². The zero-order valence-electron chi connectivity index (χ0n) is 39.9. The van der Waals surface area contributed by atoms with Gasteiger partial charge in [-0.2, -0.15) is 0 Å². The van der Waals surface area contributed by atoms with Crippen molar-refractivity contribution in [3.8, 4) is 0 Å². The van der Waals surface area contributed by atoms with Crippen molar-refractivity contribution in [1.29, 1.82) is 0 Å². The van der Waals surface area contributed by atoms with Crippen molar-refractivity contribution >= 4 is 41.0 Å². The normalized spacial score (nSPS) is 36.1. The second-order valence-corrected chi connectivity index (χ2v) is 19.4. The van der Waals surface area contributed by atoms with Crippen molar-refractivity contribution in [2.45, 2.75) is 128 Å². The van der Waals surface area contributed by atoms with Gasteiger partial charge in [-0.05, 0) is 84.8 Å². The molecule has 66 heavy (non-hydrogen) atoms. The molecule has 2 aromatic carbocycles. The molecule has 17 nitrogen and oxygen atoms in total. The van der Waals surface area contributed by atoms with E-state index in [0.29, 0.717) is 43.6 Å². The summed E-state index contributed by atoms with van der Waals surface area (Å²) < 4.78 is 38.2. The van der Waals surface area contributed by atoms with Crippen LogP contribution in [0.15, 0.2) is 60.8 Å². The number of anilines is 1. The van der Waals surface area contributed by atoms with Crippen molar-refractivity contribution in [2.75, 3.05) is 40.0 Å². The van der Waals surface area contributed by atoms with E-state index in [2.05, 4.69) is 11.0 Å². The molecule has 4 N–H and O–H groups in total. The molecule has 360 valence electrons. The Balaban J connectivity index is 1.14. The molecule has 7 rings (SSSR count). The zero-order valence-corrected chi connectivity index (χ0v) is 39.9. The lowest BCUT2D eigenvalue weighted by Gasteiger charge is -2.47. The maximum atomic E-state index is 14.9. The highest BCUT2D eigenvalue weighted by Gasteiger charge is 2.78. The van der Waals surface area contributed by atoms with Crippen molar-refractivity contribution in [2.24, 2.45) is 29.6 Å². The smallest absolute Gasteiger partial charge is 0.410 e. The Morgan fingerprint density at radius 1 is 0.939 bits per heavy atom. The van der Waals surface area contributed by atoms with Gasteiger partial charge in [-0.1, -0.05) is 58.0 Å². The fourth-order valence-electron chi connectivity index (χ4n) is 10.7. The van der Waals surface area contributed by atoms with Gasteiger partial charge in [0.15, 0.2) is 29.9 Å². The number of benzene rings is 2. The van der Waals surface area contributed by atoms with E-state index in [1.54, 1.807) is 56.0 Å².